The zero-order chi connectivity index (χ0) is 37.5. The second-order valence-corrected chi connectivity index (χ2v) is 12.1. The summed E-state index contributed by atoms with van der Waals surface area (Å²) in [5, 5.41) is 52.6. The van der Waals surface area contributed by atoms with Gasteiger partial charge in [0.05, 0.1) is 43.3 Å². The predicted octanol–water partition coefficient (Wildman–Crippen LogP) is -12.6. The molecule has 3 unspecified atom stereocenters. The van der Waals surface area contributed by atoms with Crippen molar-refractivity contribution in [3.05, 3.63) is 0 Å². The van der Waals surface area contributed by atoms with Gasteiger partial charge in [0.1, 0.15) is 18.3 Å². The van der Waals surface area contributed by atoms with Gasteiger partial charge in [0.15, 0.2) is 18.3 Å². The fourth-order valence-electron chi connectivity index (χ4n) is 3.30. The Morgan fingerprint density at radius 1 is 0.500 bits per heavy atom. The van der Waals surface area contributed by atoms with Crippen LogP contribution in [-0.2, 0) is 70.2 Å². The van der Waals surface area contributed by atoms with Crippen LogP contribution in [-0.4, -0.2) is 175 Å². The van der Waals surface area contributed by atoms with Crippen molar-refractivity contribution in [1.29, 1.82) is 0 Å². The molecule has 0 saturated carbocycles. The van der Waals surface area contributed by atoms with Crippen molar-refractivity contribution in [3.8, 4) is 0 Å². The fraction of sp³-hybridized carbons (Fsp3) is 0.667. The van der Waals surface area contributed by atoms with E-state index in [0.717, 1.165) is 0 Å². The number of cyclic esters (lactones) is 3. The van der Waals surface area contributed by atoms with Crippen LogP contribution in [0.2, 0.25) is 0 Å². The average Bonchev–Trinajstić information content (AvgIpc) is 3.51. The molecule has 0 aromatic carbocycles. The number of hydrogen-bond donors (Lipinski definition) is 6. The monoisotopic (exact) mass is 816 g/mol. The molecule has 27 nitrogen and oxygen atoms in total. The van der Waals surface area contributed by atoms with E-state index in [4.69, 9.17) is 30.6 Å². The molecular weight excluding hydrogens is 795 g/mol. The average molecular weight is 816 g/mol. The summed E-state index contributed by atoms with van der Waals surface area (Å²) in [6, 6.07) is 0. The summed E-state index contributed by atoms with van der Waals surface area (Å²) in [7, 11) is -16.6. The molecule has 3 aliphatic heterocycles. The number of carbonyl (C=O) groups excluding carboxylic acids is 6. The van der Waals surface area contributed by atoms with Crippen molar-refractivity contribution < 1.29 is 130 Å². The number of carbonyl (C=O) groups is 6. The van der Waals surface area contributed by atoms with E-state index < -0.39 is 133 Å². The summed E-state index contributed by atoms with van der Waals surface area (Å²) in [5.74, 6) is -7.85. The number of phosphoric acid groups is 3. The first-order chi connectivity index (χ1) is 21.8. The van der Waals surface area contributed by atoms with Crippen LogP contribution in [0.5, 0.6) is 0 Å². The number of hydrogen-bond acceptors (Lipinski definition) is 27. The molecule has 0 amide bonds. The zero-order valence-electron chi connectivity index (χ0n) is 24.1. The number of aliphatic hydroxyl groups excluding tert-OH is 6. The SMILES string of the molecule is O=C1O[C@@H]([C@H](O)CO)C(=O)C1OP(=O)([O-])[O-].O=C1O[C@@H]([C@H](O)CO)C(=O)C1OP(=O)([O-])[O-].O=C1O[C@@H]([C@H](O)CO)C(=O)C1OP(=O)([O-])[O-].[Al+3].[Al+3]. The number of phosphoric ester groups is 3. The zero-order valence-corrected chi connectivity index (χ0v) is 29.1. The molecule has 0 aromatic heterocycles. The molecule has 3 heterocycles. The van der Waals surface area contributed by atoms with Gasteiger partial charge in [0.25, 0.3) is 0 Å². The maximum absolute atomic E-state index is 11.3. The second-order valence-electron chi connectivity index (χ2n) is 8.83. The fourth-order valence-corrected chi connectivity index (χ4v) is 4.64. The van der Waals surface area contributed by atoms with Crippen molar-refractivity contribution in [3.63, 3.8) is 0 Å². The van der Waals surface area contributed by atoms with Crippen LogP contribution in [0.4, 0.5) is 0 Å². The van der Waals surface area contributed by atoms with E-state index in [2.05, 4.69) is 27.8 Å². The van der Waals surface area contributed by atoms with Crippen LogP contribution in [0.25, 0.3) is 0 Å². The quantitative estimate of drug-likeness (QED) is 0.0350. The van der Waals surface area contributed by atoms with Crippen molar-refractivity contribution >= 4 is 93.4 Å². The minimum atomic E-state index is -5.52. The van der Waals surface area contributed by atoms with E-state index in [0.29, 0.717) is 0 Å². The molecule has 3 rings (SSSR count). The first-order valence-corrected chi connectivity index (χ1v) is 16.4. The number of ether oxygens (including phenoxy) is 3. The Balaban J connectivity index is 0. The summed E-state index contributed by atoms with van der Waals surface area (Å²) < 4.78 is 54.4. The van der Waals surface area contributed by atoms with Crippen LogP contribution in [0.3, 0.4) is 0 Å². The van der Waals surface area contributed by atoms with Crippen molar-refractivity contribution in [2.24, 2.45) is 0 Å². The number of esters is 3. The standard InChI is InChI=1S/3C6H9O9P.2Al/c3*7-1-2(8)4-3(9)5(6(10)14-4)15-16(11,12)13;;/h3*2,4-5,7-8H,1H2,(H2,11,12,13);;/q;;;2*+3/p-6/t3*2-,4+,5?;;/m111../s1. The molecular formula is C18H21Al2O27P3. The molecule has 0 spiro atoms. The van der Waals surface area contributed by atoms with E-state index in [1.807, 2.05) is 0 Å². The topological polar surface area (TPSA) is 469 Å². The summed E-state index contributed by atoms with van der Waals surface area (Å²) in [6.07, 6.45) is -16.9. The Morgan fingerprint density at radius 2 is 0.680 bits per heavy atom. The summed E-state index contributed by atoms with van der Waals surface area (Å²) in [6.45, 7) is -2.62. The van der Waals surface area contributed by atoms with Gasteiger partial charge in [0, 0.05) is 0 Å². The van der Waals surface area contributed by atoms with E-state index in [-0.39, 0.29) is 34.7 Å². The van der Waals surface area contributed by atoms with Gasteiger partial charge >= 0.3 is 52.6 Å². The Kier molecular flexibility index (Phi) is 21.0. The van der Waals surface area contributed by atoms with Gasteiger partial charge < -0.3 is 101 Å². The first kappa shape index (κ1) is 50.7. The van der Waals surface area contributed by atoms with Gasteiger partial charge in [-0.25, -0.2) is 14.4 Å². The molecule has 32 heteroatoms. The van der Waals surface area contributed by atoms with Crippen molar-refractivity contribution in [2.45, 2.75) is 54.9 Å². The van der Waals surface area contributed by atoms with Gasteiger partial charge in [0.2, 0.25) is 35.7 Å². The van der Waals surface area contributed by atoms with Crippen LogP contribution in [0.15, 0.2) is 0 Å². The van der Waals surface area contributed by atoms with Gasteiger partial charge in [-0.1, -0.05) is 0 Å². The van der Waals surface area contributed by atoms with Gasteiger partial charge in [-0.2, -0.15) is 0 Å². The van der Waals surface area contributed by atoms with Crippen molar-refractivity contribution in [1.82, 2.24) is 0 Å². The van der Waals surface area contributed by atoms with Crippen LogP contribution >= 0.6 is 23.5 Å². The Morgan fingerprint density at radius 3 is 0.820 bits per heavy atom. The van der Waals surface area contributed by atoms with E-state index >= 15 is 0 Å². The van der Waals surface area contributed by atoms with Crippen LogP contribution in [0, 0.1) is 0 Å². The summed E-state index contributed by atoms with van der Waals surface area (Å²) in [4.78, 5) is 128. The molecule has 0 radical (unpaired) electrons. The minimum Gasteiger partial charge on any atom is -0.790 e. The normalized spacial score (nSPS) is 26.9. The minimum absolute atomic E-state index is 0. The molecule has 50 heavy (non-hydrogen) atoms. The molecule has 3 aliphatic rings. The third kappa shape index (κ3) is 15.3. The molecule has 3 saturated heterocycles. The maximum atomic E-state index is 11.3. The Labute approximate surface area is 298 Å². The summed E-state index contributed by atoms with van der Waals surface area (Å²) in [5.41, 5.74) is 0. The number of rotatable bonds is 12. The predicted molar refractivity (Wildman–Crippen MR) is 133 cm³/mol. The third-order valence-corrected chi connectivity index (χ3v) is 6.71. The van der Waals surface area contributed by atoms with E-state index in [1.165, 1.54) is 0 Å². The molecule has 0 aliphatic carbocycles. The van der Waals surface area contributed by atoms with Gasteiger partial charge in [-0.15, -0.1) is 0 Å². The number of ketones is 3. The smallest absolute Gasteiger partial charge is 0.790 e. The largest absolute Gasteiger partial charge is 3.00 e. The second kappa shape index (κ2) is 20.7. The number of aliphatic hydroxyl groups is 6. The van der Waals surface area contributed by atoms with Crippen LogP contribution < -0.4 is 29.4 Å². The van der Waals surface area contributed by atoms with E-state index in [1.54, 1.807) is 0 Å². The van der Waals surface area contributed by atoms with E-state index in [9.17, 15) is 71.8 Å². The first-order valence-electron chi connectivity index (χ1n) is 12.0. The molecule has 0 bridgehead atoms. The molecule has 9 atom stereocenters. The summed E-state index contributed by atoms with van der Waals surface area (Å²) >= 11 is 0. The molecule has 0 aromatic rings. The number of Topliss-reactive ketones (excluding diaryl/α,β-unsaturated/α-hetero) is 3. The Hall–Kier alpha value is -1.43. The van der Waals surface area contributed by atoms with Crippen LogP contribution in [0.1, 0.15) is 0 Å². The van der Waals surface area contributed by atoms with Gasteiger partial charge in [-0.05, 0) is 0 Å². The van der Waals surface area contributed by atoms with Crippen molar-refractivity contribution in [2.75, 3.05) is 19.8 Å². The molecule has 3 fully saturated rings. The maximum Gasteiger partial charge on any atom is 3.00 e. The van der Waals surface area contributed by atoms with Gasteiger partial charge in [-0.3, -0.25) is 14.4 Å². The Bertz CT molecular complexity index is 1210. The third-order valence-electron chi connectivity index (χ3n) is 5.30. The molecule has 6 N–H and O–H groups in total. The molecule has 276 valence electrons.